The third-order valence-electron chi connectivity index (χ3n) is 5.20. The van der Waals surface area contributed by atoms with Gasteiger partial charge in [0.15, 0.2) is 0 Å². The Balaban J connectivity index is 2.53. The first-order valence-electron chi connectivity index (χ1n) is 8.94. The number of hydrogen-bond donors (Lipinski definition) is 1. The van der Waals surface area contributed by atoms with Crippen molar-refractivity contribution in [1.82, 2.24) is 0 Å². The van der Waals surface area contributed by atoms with E-state index in [9.17, 15) is 4.79 Å². The Morgan fingerprint density at radius 3 is 2.29 bits per heavy atom. The molecule has 3 heteroatoms. The molecule has 1 aromatic rings. The van der Waals surface area contributed by atoms with Gasteiger partial charge in [-0.1, -0.05) is 59.6 Å². The Morgan fingerprint density at radius 2 is 1.75 bits per heavy atom. The Labute approximate surface area is 145 Å². The zero-order valence-corrected chi connectivity index (χ0v) is 15.6. The minimum absolute atomic E-state index is 0.0337. The van der Waals surface area contributed by atoms with Crippen LogP contribution in [0.4, 0.5) is 4.79 Å². The molecule has 2 rings (SSSR count). The lowest BCUT2D eigenvalue weighted by Crippen LogP contribution is -2.34. The van der Waals surface area contributed by atoms with E-state index < -0.39 is 6.16 Å². The summed E-state index contributed by atoms with van der Waals surface area (Å²) in [4.78, 5) is 11.1. The van der Waals surface area contributed by atoms with Crippen LogP contribution in [0.5, 0.6) is 5.75 Å². The van der Waals surface area contributed by atoms with E-state index in [1.807, 2.05) is 12.1 Å². The Morgan fingerprint density at radius 1 is 1.17 bits per heavy atom. The molecule has 1 N–H and O–H groups in total. The summed E-state index contributed by atoms with van der Waals surface area (Å²) in [6.45, 7) is 11.1. The quantitative estimate of drug-likeness (QED) is 0.392. The molecule has 1 aromatic carbocycles. The van der Waals surface area contributed by atoms with Crippen LogP contribution in [0.3, 0.4) is 0 Å². The van der Waals surface area contributed by atoms with Gasteiger partial charge in [0.25, 0.3) is 0 Å². The monoisotopic (exact) mass is 330 g/mol. The Hall–Kier alpha value is -1.77. The summed E-state index contributed by atoms with van der Waals surface area (Å²) < 4.78 is 5.10. The molecule has 1 aliphatic carbocycles. The molecule has 132 valence electrons. The molecule has 0 radical (unpaired) electrons. The lowest BCUT2D eigenvalue weighted by Gasteiger charge is -2.42. The van der Waals surface area contributed by atoms with E-state index in [4.69, 9.17) is 9.84 Å². The molecule has 0 saturated heterocycles. The van der Waals surface area contributed by atoms with E-state index in [0.717, 1.165) is 37.7 Å². The van der Waals surface area contributed by atoms with Crippen molar-refractivity contribution in [3.8, 4) is 5.75 Å². The van der Waals surface area contributed by atoms with E-state index in [0.29, 0.717) is 5.75 Å². The Kier molecular flexibility index (Phi) is 5.42. The third kappa shape index (κ3) is 4.00. The lowest BCUT2D eigenvalue weighted by molar-refractivity contribution is 0.144. The number of hydrogen-bond acceptors (Lipinski definition) is 2. The van der Waals surface area contributed by atoms with Crippen LogP contribution >= 0.6 is 0 Å². The van der Waals surface area contributed by atoms with Crippen LogP contribution in [-0.4, -0.2) is 11.3 Å². The maximum atomic E-state index is 11.1. The van der Waals surface area contributed by atoms with Crippen molar-refractivity contribution in [3.05, 3.63) is 34.9 Å². The van der Waals surface area contributed by atoms with Crippen LogP contribution in [0, 0.1) is 0 Å². The molecule has 0 bridgehead atoms. The van der Waals surface area contributed by atoms with Gasteiger partial charge in [-0.2, -0.15) is 0 Å². The molecule has 0 saturated carbocycles. The number of benzene rings is 1. The third-order valence-corrected chi connectivity index (χ3v) is 5.20. The van der Waals surface area contributed by atoms with Gasteiger partial charge >= 0.3 is 6.16 Å². The van der Waals surface area contributed by atoms with Crippen LogP contribution in [0.1, 0.15) is 83.4 Å². The highest BCUT2D eigenvalue weighted by atomic mass is 16.7. The zero-order valence-electron chi connectivity index (χ0n) is 15.6. The van der Waals surface area contributed by atoms with E-state index in [2.05, 4.69) is 46.8 Å². The summed E-state index contributed by atoms with van der Waals surface area (Å²) in [5.74, 6) is 0.444. The van der Waals surface area contributed by atoms with Crippen molar-refractivity contribution in [3.63, 3.8) is 0 Å². The van der Waals surface area contributed by atoms with Crippen molar-refractivity contribution in [2.45, 2.75) is 77.6 Å². The van der Waals surface area contributed by atoms with Gasteiger partial charge in [0.2, 0.25) is 0 Å². The first-order chi connectivity index (χ1) is 11.2. The lowest BCUT2D eigenvalue weighted by atomic mass is 9.63. The molecule has 0 atom stereocenters. The number of carbonyl (C=O) groups is 1. The molecule has 24 heavy (non-hydrogen) atoms. The first-order valence-corrected chi connectivity index (χ1v) is 8.94. The van der Waals surface area contributed by atoms with Gasteiger partial charge in [0, 0.05) is 5.56 Å². The van der Waals surface area contributed by atoms with Crippen LogP contribution in [0.25, 0.3) is 6.08 Å². The summed E-state index contributed by atoms with van der Waals surface area (Å²) in [6.07, 6.45) is 8.35. The highest BCUT2D eigenvalue weighted by Crippen LogP contribution is 2.47. The summed E-state index contributed by atoms with van der Waals surface area (Å²) in [6, 6.07) is 4.08. The molecule has 3 nitrogen and oxygen atoms in total. The molecule has 1 aliphatic rings. The van der Waals surface area contributed by atoms with Gasteiger partial charge in [-0.15, -0.1) is 0 Å². The topological polar surface area (TPSA) is 46.5 Å². The van der Waals surface area contributed by atoms with Gasteiger partial charge < -0.3 is 9.84 Å². The van der Waals surface area contributed by atoms with Crippen LogP contribution in [-0.2, 0) is 10.8 Å². The molecule has 0 amide bonds. The second kappa shape index (κ2) is 7.00. The summed E-state index contributed by atoms with van der Waals surface area (Å²) in [5, 5.41) is 9.09. The van der Waals surface area contributed by atoms with E-state index in [1.54, 1.807) is 0 Å². The van der Waals surface area contributed by atoms with Crippen LogP contribution < -0.4 is 4.74 Å². The first kappa shape index (κ1) is 18.6. The van der Waals surface area contributed by atoms with E-state index >= 15 is 0 Å². The molecular formula is C21H30O3. The van der Waals surface area contributed by atoms with Crippen LogP contribution in [0.2, 0.25) is 0 Å². The fourth-order valence-electron chi connectivity index (χ4n) is 3.46. The highest BCUT2D eigenvalue weighted by Gasteiger charge is 2.37. The molecule has 0 aliphatic heterocycles. The summed E-state index contributed by atoms with van der Waals surface area (Å²) >= 11 is 0. The SMILES string of the molecule is CCCC/C=C\c1cc2c(cc1OC(=O)O)C(C)(C)CCC2(C)C. The number of unbranched alkanes of at least 4 members (excludes halogenated alkanes) is 2. The predicted octanol–water partition coefficient (Wildman–Crippen LogP) is 6.30. The smallest absolute Gasteiger partial charge is 0.449 e. The van der Waals surface area contributed by atoms with Crippen molar-refractivity contribution >= 4 is 12.2 Å². The zero-order chi connectivity index (χ0) is 18.0. The minimum atomic E-state index is -1.26. The van der Waals surface area contributed by atoms with Gasteiger partial charge in [0.05, 0.1) is 0 Å². The van der Waals surface area contributed by atoms with Crippen LogP contribution in [0.15, 0.2) is 18.2 Å². The average molecular weight is 330 g/mol. The maximum absolute atomic E-state index is 11.1. The number of ether oxygens (including phenoxy) is 1. The van der Waals surface area contributed by atoms with Gasteiger partial charge in [-0.05, 0) is 53.4 Å². The predicted molar refractivity (Wildman–Crippen MR) is 98.9 cm³/mol. The van der Waals surface area contributed by atoms with Gasteiger partial charge in [0.1, 0.15) is 5.75 Å². The molecular weight excluding hydrogens is 300 g/mol. The number of allylic oxidation sites excluding steroid dienone is 1. The van der Waals surface area contributed by atoms with E-state index in [-0.39, 0.29) is 10.8 Å². The fraction of sp³-hybridized carbons (Fsp3) is 0.571. The average Bonchev–Trinajstić information content (AvgIpc) is 2.48. The maximum Gasteiger partial charge on any atom is 0.511 e. The summed E-state index contributed by atoms with van der Waals surface area (Å²) in [7, 11) is 0. The standard InChI is InChI=1S/C21H30O3/c1-6-7-8-9-10-15-13-16-17(14-18(15)24-19(22)23)21(4,5)12-11-20(16,2)3/h9-10,13-14H,6-8,11-12H2,1-5H3,(H,22,23)/b10-9-. The number of fused-ring (bicyclic) bond motifs is 1. The molecule has 0 fully saturated rings. The summed E-state index contributed by atoms with van der Waals surface area (Å²) in [5.41, 5.74) is 3.51. The number of carboxylic acid groups (broad SMARTS) is 1. The minimum Gasteiger partial charge on any atom is -0.449 e. The Bertz CT molecular complexity index is 639. The highest BCUT2D eigenvalue weighted by molar-refractivity contribution is 5.68. The molecule has 0 aromatic heterocycles. The largest absolute Gasteiger partial charge is 0.511 e. The van der Waals surface area contributed by atoms with E-state index in [1.165, 1.54) is 11.1 Å². The van der Waals surface area contributed by atoms with Crippen molar-refractivity contribution in [2.24, 2.45) is 0 Å². The van der Waals surface area contributed by atoms with Crippen molar-refractivity contribution in [2.75, 3.05) is 0 Å². The van der Waals surface area contributed by atoms with Crippen molar-refractivity contribution in [1.29, 1.82) is 0 Å². The number of rotatable bonds is 5. The normalized spacial score (nSPS) is 18.4. The molecule has 0 heterocycles. The second-order valence-electron chi connectivity index (χ2n) is 8.12. The molecule has 0 spiro atoms. The fourth-order valence-corrected chi connectivity index (χ4v) is 3.46. The molecule has 0 unspecified atom stereocenters. The second-order valence-corrected chi connectivity index (χ2v) is 8.12. The van der Waals surface area contributed by atoms with Gasteiger partial charge in [-0.3, -0.25) is 0 Å². The van der Waals surface area contributed by atoms with Crippen molar-refractivity contribution < 1.29 is 14.6 Å². The van der Waals surface area contributed by atoms with Gasteiger partial charge in [-0.25, -0.2) is 4.79 Å².